The first-order valence-electron chi connectivity index (χ1n) is 5.04. The molecule has 0 unspecified atom stereocenters. The highest BCUT2D eigenvalue weighted by atomic mass is 32.2. The topological polar surface area (TPSA) is 80.9 Å². The van der Waals surface area contributed by atoms with Crippen LogP contribution in [0.25, 0.3) is 11.8 Å². The van der Waals surface area contributed by atoms with Crippen LogP contribution in [0.1, 0.15) is 5.82 Å². The van der Waals surface area contributed by atoms with Gasteiger partial charge in [0.05, 0.1) is 5.69 Å². The Morgan fingerprint density at radius 1 is 1.50 bits per heavy atom. The van der Waals surface area contributed by atoms with E-state index in [1.165, 1.54) is 10.8 Å². The summed E-state index contributed by atoms with van der Waals surface area (Å²) in [5, 5.41) is 19.7. The van der Waals surface area contributed by atoms with Gasteiger partial charge in [0, 0.05) is 11.0 Å². The van der Waals surface area contributed by atoms with Gasteiger partial charge < -0.3 is 5.11 Å². The number of aliphatic carboxylic acids is 1. The Bertz CT molecular complexity index is 594. The van der Waals surface area contributed by atoms with E-state index < -0.39 is 5.97 Å². The first-order valence-corrected chi connectivity index (χ1v) is 6.27. The summed E-state index contributed by atoms with van der Waals surface area (Å²) in [6, 6.07) is 7.66. The molecule has 0 aliphatic carbocycles. The van der Waals surface area contributed by atoms with E-state index in [2.05, 4.69) is 15.5 Å². The molecule has 2 rings (SSSR count). The molecular formula is C11H10N4O2S. The van der Waals surface area contributed by atoms with Crippen molar-refractivity contribution in [1.29, 1.82) is 0 Å². The normalized spacial score (nSPS) is 10.9. The number of thioether (sulfide) groups is 1. The van der Waals surface area contributed by atoms with Crippen molar-refractivity contribution in [2.24, 2.45) is 0 Å². The number of hydrogen-bond acceptors (Lipinski definition) is 5. The van der Waals surface area contributed by atoms with Crippen LogP contribution in [0, 0.1) is 0 Å². The number of benzene rings is 1. The van der Waals surface area contributed by atoms with Gasteiger partial charge in [-0.1, -0.05) is 6.07 Å². The van der Waals surface area contributed by atoms with E-state index >= 15 is 0 Å². The van der Waals surface area contributed by atoms with Crippen LogP contribution in [0.5, 0.6) is 0 Å². The third kappa shape index (κ3) is 2.75. The zero-order valence-corrected chi connectivity index (χ0v) is 10.3. The zero-order valence-electron chi connectivity index (χ0n) is 9.52. The molecule has 1 aromatic carbocycles. The minimum Gasteiger partial charge on any atom is -0.478 e. The Hall–Kier alpha value is -2.15. The van der Waals surface area contributed by atoms with Gasteiger partial charge in [-0.3, -0.25) is 0 Å². The molecule has 0 radical (unpaired) electrons. The van der Waals surface area contributed by atoms with Gasteiger partial charge in [0.15, 0.2) is 5.82 Å². The van der Waals surface area contributed by atoms with Gasteiger partial charge in [0.2, 0.25) is 0 Å². The molecule has 0 saturated carbocycles. The van der Waals surface area contributed by atoms with Crippen LogP contribution < -0.4 is 0 Å². The molecule has 0 atom stereocenters. The molecule has 2 aromatic rings. The number of carboxylic acids is 1. The molecule has 0 spiro atoms. The fraction of sp³-hybridized carbons (Fsp3) is 0.0909. The summed E-state index contributed by atoms with van der Waals surface area (Å²) < 4.78 is 1.49. The summed E-state index contributed by atoms with van der Waals surface area (Å²) in [6.07, 6.45) is 4.33. The summed E-state index contributed by atoms with van der Waals surface area (Å²) in [4.78, 5) is 11.6. The molecule has 7 heteroatoms. The monoisotopic (exact) mass is 262 g/mol. The lowest BCUT2D eigenvalue weighted by atomic mass is 10.3. The van der Waals surface area contributed by atoms with Crippen LogP contribution in [0.2, 0.25) is 0 Å². The third-order valence-electron chi connectivity index (χ3n) is 2.17. The van der Waals surface area contributed by atoms with Crippen LogP contribution in [0.15, 0.2) is 35.2 Å². The Morgan fingerprint density at radius 3 is 3.06 bits per heavy atom. The van der Waals surface area contributed by atoms with E-state index in [0.29, 0.717) is 5.82 Å². The second kappa shape index (κ2) is 5.46. The summed E-state index contributed by atoms with van der Waals surface area (Å²) >= 11 is 1.61. The predicted octanol–water partition coefficient (Wildman–Crippen LogP) is 1.48. The Balaban J connectivity index is 2.38. The summed E-state index contributed by atoms with van der Waals surface area (Å²) in [6.45, 7) is 0. The Morgan fingerprint density at radius 2 is 2.33 bits per heavy atom. The van der Waals surface area contributed by atoms with E-state index in [9.17, 15) is 4.79 Å². The molecular weight excluding hydrogens is 252 g/mol. The lowest BCUT2D eigenvalue weighted by Gasteiger charge is -2.03. The van der Waals surface area contributed by atoms with Gasteiger partial charge in [-0.05, 0) is 41.0 Å². The van der Waals surface area contributed by atoms with Gasteiger partial charge in [-0.25, -0.2) is 4.79 Å². The number of aromatic nitrogens is 4. The Kier molecular flexibility index (Phi) is 3.73. The van der Waals surface area contributed by atoms with Gasteiger partial charge in [0.25, 0.3) is 0 Å². The second-order valence-corrected chi connectivity index (χ2v) is 4.20. The maximum absolute atomic E-state index is 10.5. The fourth-order valence-corrected chi connectivity index (χ4v) is 1.82. The van der Waals surface area contributed by atoms with E-state index in [-0.39, 0.29) is 0 Å². The van der Waals surface area contributed by atoms with Crippen molar-refractivity contribution in [1.82, 2.24) is 20.2 Å². The number of nitrogens with zero attached hydrogens (tertiary/aromatic N) is 4. The molecule has 6 nitrogen and oxygen atoms in total. The van der Waals surface area contributed by atoms with Crippen molar-refractivity contribution in [2.45, 2.75) is 4.90 Å². The van der Waals surface area contributed by atoms with Gasteiger partial charge in [-0.15, -0.1) is 16.9 Å². The highest BCUT2D eigenvalue weighted by molar-refractivity contribution is 7.98. The first kappa shape index (κ1) is 12.3. The number of rotatable bonds is 4. The van der Waals surface area contributed by atoms with Crippen molar-refractivity contribution < 1.29 is 9.90 Å². The van der Waals surface area contributed by atoms with E-state index in [1.54, 1.807) is 11.8 Å². The molecule has 0 aliphatic rings. The van der Waals surface area contributed by atoms with Crippen molar-refractivity contribution >= 4 is 23.8 Å². The quantitative estimate of drug-likeness (QED) is 0.664. The largest absolute Gasteiger partial charge is 0.478 e. The highest BCUT2D eigenvalue weighted by Crippen LogP contribution is 2.18. The highest BCUT2D eigenvalue weighted by Gasteiger charge is 2.06. The summed E-state index contributed by atoms with van der Waals surface area (Å²) in [5.41, 5.74) is 0.789. The van der Waals surface area contributed by atoms with E-state index in [0.717, 1.165) is 16.7 Å². The molecule has 0 saturated heterocycles. The van der Waals surface area contributed by atoms with Gasteiger partial charge in [-0.2, -0.15) is 4.68 Å². The molecule has 92 valence electrons. The molecule has 0 bridgehead atoms. The molecule has 0 aliphatic heterocycles. The third-order valence-corrected chi connectivity index (χ3v) is 2.89. The number of hydrogen-bond donors (Lipinski definition) is 1. The SMILES string of the molecule is CSc1cccc(-n2nnnc2/C=C/C(=O)O)c1. The summed E-state index contributed by atoms with van der Waals surface area (Å²) in [5.74, 6) is -0.668. The van der Waals surface area contributed by atoms with Crippen LogP contribution in [0.3, 0.4) is 0 Å². The zero-order chi connectivity index (χ0) is 13.0. The fourth-order valence-electron chi connectivity index (χ4n) is 1.37. The standard InChI is InChI=1S/C11H10N4O2S/c1-18-9-4-2-3-8(7-9)15-10(12-13-14-15)5-6-11(16)17/h2-7H,1H3,(H,16,17)/b6-5+. The van der Waals surface area contributed by atoms with E-state index in [1.807, 2.05) is 30.5 Å². The number of carbonyl (C=O) groups is 1. The molecule has 18 heavy (non-hydrogen) atoms. The lowest BCUT2D eigenvalue weighted by molar-refractivity contribution is -0.131. The van der Waals surface area contributed by atoms with Crippen LogP contribution in [-0.2, 0) is 4.79 Å². The smallest absolute Gasteiger partial charge is 0.328 e. The lowest BCUT2D eigenvalue weighted by Crippen LogP contribution is -2.00. The molecule has 1 N–H and O–H groups in total. The van der Waals surface area contributed by atoms with Crippen molar-refractivity contribution in [3.63, 3.8) is 0 Å². The van der Waals surface area contributed by atoms with E-state index in [4.69, 9.17) is 5.11 Å². The van der Waals surface area contributed by atoms with Crippen molar-refractivity contribution in [3.8, 4) is 5.69 Å². The first-order chi connectivity index (χ1) is 8.70. The van der Waals surface area contributed by atoms with Crippen LogP contribution in [-0.4, -0.2) is 37.5 Å². The van der Waals surface area contributed by atoms with Crippen molar-refractivity contribution in [2.75, 3.05) is 6.26 Å². The number of tetrazole rings is 1. The average molecular weight is 262 g/mol. The maximum atomic E-state index is 10.5. The van der Waals surface area contributed by atoms with Gasteiger partial charge in [0.1, 0.15) is 0 Å². The predicted molar refractivity (Wildman–Crippen MR) is 67.6 cm³/mol. The Labute approximate surface area is 107 Å². The molecule has 1 heterocycles. The average Bonchev–Trinajstić information content (AvgIpc) is 2.84. The van der Waals surface area contributed by atoms with Crippen LogP contribution in [0.4, 0.5) is 0 Å². The van der Waals surface area contributed by atoms with Crippen LogP contribution >= 0.6 is 11.8 Å². The molecule has 0 fully saturated rings. The van der Waals surface area contributed by atoms with Crippen molar-refractivity contribution in [3.05, 3.63) is 36.2 Å². The molecule has 0 amide bonds. The minimum atomic E-state index is -1.04. The minimum absolute atomic E-state index is 0.371. The maximum Gasteiger partial charge on any atom is 0.328 e. The second-order valence-electron chi connectivity index (χ2n) is 3.32. The molecule has 1 aromatic heterocycles. The summed E-state index contributed by atoms with van der Waals surface area (Å²) in [7, 11) is 0. The van der Waals surface area contributed by atoms with Gasteiger partial charge >= 0.3 is 5.97 Å². The number of carboxylic acid groups (broad SMARTS) is 1.